The number of carbonyl (C=O) groups excluding carboxylic acids is 1. The van der Waals surface area contributed by atoms with E-state index in [-0.39, 0.29) is 5.91 Å². The van der Waals surface area contributed by atoms with Gasteiger partial charge < -0.3 is 5.32 Å². The van der Waals surface area contributed by atoms with E-state index in [1.165, 1.54) is 0 Å². The van der Waals surface area contributed by atoms with E-state index in [0.717, 1.165) is 11.3 Å². The van der Waals surface area contributed by atoms with Crippen LogP contribution in [-0.2, 0) is 13.6 Å². The Labute approximate surface area is 152 Å². The second-order valence-corrected chi connectivity index (χ2v) is 6.61. The summed E-state index contributed by atoms with van der Waals surface area (Å²) in [7, 11) is 1.74. The SMILES string of the molecule is Cc1nn(C)c(C(=O)Nc2cccc(Cn3cc(Cl)cn3)c2)c1Br. The summed E-state index contributed by atoms with van der Waals surface area (Å²) in [6.45, 7) is 2.42. The van der Waals surface area contributed by atoms with Crippen molar-refractivity contribution in [2.24, 2.45) is 7.05 Å². The zero-order valence-electron chi connectivity index (χ0n) is 13.1. The van der Waals surface area contributed by atoms with Gasteiger partial charge in [-0.25, -0.2) is 0 Å². The van der Waals surface area contributed by atoms with Crippen LogP contribution in [0.3, 0.4) is 0 Å². The Balaban J connectivity index is 1.78. The Morgan fingerprint density at radius 2 is 2.21 bits per heavy atom. The number of amides is 1. The van der Waals surface area contributed by atoms with Gasteiger partial charge in [0, 0.05) is 18.9 Å². The first-order chi connectivity index (χ1) is 11.4. The topological polar surface area (TPSA) is 64.7 Å². The molecule has 0 saturated carbocycles. The average Bonchev–Trinajstić information content (AvgIpc) is 3.03. The third-order valence-corrected chi connectivity index (χ3v) is 4.64. The average molecular weight is 409 g/mol. The van der Waals surface area contributed by atoms with Crippen molar-refractivity contribution in [3.8, 4) is 0 Å². The van der Waals surface area contributed by atoms with Crippen LogP contribution in [0.25, 0.3) is 0 Å². The summed E-state index contributed by atoms with van der Waals surface area (Å²) in [6.07, 6.45) is 3.35. The van der Waals surface area contributed by atoms with Gasteiger partial charge in [0.2, 0.25) is 0 Å². The number of aromatic nitrogens is 4. The number of halogens is 2. The molecular weight excluding hydrogens is 394 g/mol. The number of rotatable bonds is 4. The van der Waals surface area contributed by atoms with E-state index >= 15 is 0 Å². The fourth-order valence-corrected chi connectivity index (χ4v) is 3.10. The predicted octanol–water partition coefficient (Wildman–Crippen LogP) is 3.64. The molecule has 0 aliphatic heterocycles. The number of benzene rings is 1. The van der Waals surface area contributed by atoms with Crippen molar-refractivity contribution in [1.82, 2.24) is 19.6 Å². The zero-order valence-corrected chi connectivity index (χ0v) is 15.5. The minimum atomic E-state index is -0.218. The number of nitrogens with one attached hydrogen (secondary N) is 1. The second-order valence-electron chi connectivity index (χ2n) is 5.38. The summed E-state index contributed by atoms with van der Waals surface area (Å²) in [6, 6.07) is 7.61. The maximum Gasteiger partial charge on any atom is 0.275 e. The Bertz CT molecular complexity index is 902. The quantitative estimate of drug-likeness (QED) is 0.717. The van der Waals surface area contributed by atoms with Crippen LogP contribution in [0.5, 0.6) is 0 Å². The van der Waals surface area contributed by atoms with Crippen LogP contribution in [0, 0.1) is 6.92 Å². The van der Waals surface area contributed by atoms with Gasteiger partial charge in [0.15, 0.2) is 0 Å². The highest BCUT2D eigenvalue weighted by Crippen LogP contribution is 2.22. The molecule has 124 valence electrons. The summed E-state index contributed by atoms with van der Waals surface area (Å²) in [5.41, 5.74) is 2.97. The molecule has 6 nitrogen and oxygen atoms in total. The lowest BCUT2D eigenvalue weighted by molar-refractivity contribution is 0.101. The van der Waals surface area contributed by atoms with Crippen LogP contribution in [0.4, 0.5) is 5.69 Å². The lowest BCUT2D eigenvalue weighted by atomic mass is 10.2. The lowest BCUT2D eigenvalue weighted by Crippen LogP contribution is -2.16. The summed E-state index contributed by atoms with van der Waals surface area (Å²) < 4.78 is 4.00. The molecule has 0 radical (unpaired) electrons. The number of carbonyl (C=O) groups is 1. The summed E-state index contributed by atoms with van der Waals surface area (Å²) in [5, 5.41) is 11.9. The minimum Gasteiger partial charge on any atom is -0.321 e. The number of hydrogen-bond donors (Lipinski definition) is 1. The molecule has 0 aliphatic carbocycles. The molecule has 3 rings (SSSR count). The van der Waals surface area contributed by atoms with E-state index in [4.69, 9.17) is 11.6 Å². The molecule has 1 amide bonds. The monoisotopic (exact) mass is 407 g/mol. The molecule has 0 saturated heterocycles. The first kappa shape index (κ1) is 16.7. The summed E-state index contributed by atoms with van der Waals surface area (Å²) >= 11 is 9.28. The highest BCUT2D eigenvalue weighted by atomic mass is 79.9. The van der Waals surface area contributed by atoms with Crippen molar-refractivity contribution in [2.45, 2.75) is 13.5 Å². The Hall–Kier alpha value is -2.12. The van der Waals surface area contributed by atoms with Crippen molar-refractivity contribution < 1.29 is 4.79 Å². The van der Waals surface area contributed by atoms with Crippen LogP contribution >= 0.6 is 27.5 Å². The van der Waals surface area contributed by atoms with E-state index in [2.05, 4.69) is 31.4 Å². The van der Waals surface area contributed by atoms with E-state index in [9.17, 15) is 4.79 Å². The number of hydrogen-bond acceptors (Lipinski definition) is 3. The minimum absolute atomic E-state index is 0.218. The Morgan fingerprint density at radius 3 is 2.83 bits per heavy atom. The fourth-order valence-electron chi connectivity index (χ4n) is 2.43. The first-order valence-corrected chi connectivity index (χ1v) is 8.38. The summed E-state index contributed by atoms with van der Waals surface area (Å²) in [5.74, 6) is -0.218. The normalized spacial score (nSPS) is 10.8. The zero-order chi connectivity index (χ0) is 17.3. The molecule has 3 aromatic rings. The van der Waals surface area contributed by atoms with Crippen LogP contribution in [0.1, 0.15) is 21.7 Å². The number of nitrogens with zero attached hydrogens (tertiary/aromatic N) is 4. The predicted molar refractivity (Wildman–Crippen MR) is 96.4 cm³/mol. The summed E-state index contributed by atoms with van der Waals surface area (Å²) in [4.78, 5) is 12.5. The standard InChI is InChI=1S/C16H15BrClN5O/c1-10-14(17)15(22(2)21-10)16(24)20-13-5-3-4-11(6-13)8-23-9-12(18)7-19-23/h3-7,9H,8H2,1-2H3,(H,20,24). The van der Waals surface area contributed by atoms with Crippen molar-refractivity contribution in [3.63, 3.8) is 0 Å². The molecule has 0 unspecified atom stereocenters. The largest absolute Gasteiger partial charge is 0.321 e. The second kappa shape index (κ2) is 6.78. The lowest BCUT2D eigenvalue weighted by Gasteiger charge is -2.08. The van der Waals surface area contributed by atoms with E-state index in [0.29, 0.717) is 27.4 Å². The maximum atomic E-state index is 12.5. The van der Waals surface area contributed by atoms with Gasteiger partial charge in [0.1, 0.15) is 5.69 Å². The molecule has 0 fully saturated rings. The van der Waals surface area contributed by atoms with Crippen LogP contribution in [-0.4, -0.2) is 25.5 Å². The third-order valence-electron chi connectivity index (χ3n) is 3.50. The molecule has 0 spiro atoms. The molecule has 1 aromatic carbocycles. The molecule has 1 N–H and O–H groups in total. The van der Waals surface area contributed by atoms with Crippen LogP contribution in [0.15, 0.2) is 41.1 Å². The van der Waals surface area contributed by atoms with Gasteiger partial charge >= 0.3 is 0 Å². The van der Waals surface area contributed by atoms with Crippen LogP contribution < -0.4 is 5.32 Å². The van der Waals surface area contributed by atoms with Gasteiger partial charge in [0.25, 0.3) is 5.91 Å². The van der Waals surface area contributed by atoms with Crippen molar-refractivity contribution in [2.75, 3.05) is 5.32 Å². The van der Waals surface area contributed by atoms with E-state index in [1.807, 2.05) is 31.2 Å². The van der Waals surface area contributed by atoms with Crippen molar-refractivity contribution >= 4 is 39.1 Å². The van der Waals surface area contributed by atoms with Gasteiger partial charge in [-0.3, -0.25) is 14.2 Å². The highest BCUT2D eigenvalue weighted by Gasteiger charge is 2.18. The van der Waals surface area contributed by atoms with E-state index < -0.39 is 0 Å². The van der Waals surface area contributed by atoms with Crippen molar-refractivity contribution in [3.05, 3.63) is 63.1 Å². The van der Waals surface area contributed by atoms with Gasteiger partial charge in [-0.05, 0) is 40.5 Å². The smallest absolute Gasteiger partial charge is 0.275 e. The first-order valence-electron chi connectivity index (χ1n) is 7.21. The third kappa shape index (κ3) is 3.52. The molecule has 2 aromatic heterocycles. The van der Waals surface area contributed by atoms with Gasteiger partial charge in [-0.15, -0.1) is 0 Å². The maximum absolute atomic E-state index is 12.5. The van der Waals surface area contributed by atoms with Gasteiger partial charge in [0.05, 0.1) is 27.9 Å². The molecule has 8 heteroatoms. The Kier molecular flexibility index (Phi) is 4.73. The molecular formula is C16H15BrClN5O. The van der Waals surface area contributed by atoms with E-state index in [1.54, 1.807) is 28.8 Å². The molecule has 0 bridgehead atoms. The Morgan fingerprint density at radius 1 is 1.42 bits per heavy atom. The molecule has 0 atom stereocenters. The fraction of sp³-hybridized carbons (Fsp3) is 0.188. The molecule has 2 heterocycles. The molecule has 24 heavy (non-hydrogen) atoms. The molecule has 0 aliphatic rings. The van der Waals surface area contributed by atoms with Crippen molar-refractivity contribution in [1.29, 1.82) is 0 Å². The van der Waals surface area contributed by atoms with Gasteiger partial charge in [-0.1, -0.05) is 23.7 Å². The van der Waals surface area contributed by atoms with Gasteiger partial charge in [-0.2, -0.15) is 10.2 Å². The number of aryl methyl sites for hydroxylation is 2. The highest BCUT2D eigenvalue weighted by molar-refractivity contribution is 9.10. The number of anilines is 1. The van der Waals surface area contributed by atoms with Crippen LogP contribution in [0.2, 0.25) is 5.02 Å².